The fraction of sp³-hybridized carbons (Fsp3) is 0.682. The minimum Gasteiger partial charge on any atom is -0.387 e. The number of anilines is 1. The Morgan fingerprint density at radius 2 is 1.80 bits per heavy atom. The third kappa shape index (κ3) is 3.78. The Hall–Kier alpha value is -2.21. The molecule has 2 aliphatic carbocycles. The molecular formula is C22H29N5O3. The molecule has 0 amide bonds. The van der Waals surface area contributed by atoms with Crippen molar-refractivity contribution in [2.75, 3.05) is 5.32 Å². The first-order chi connectivity index (χ1) is 14.7. The van der Waals surface area contributed by atoms with Crippen molar-refractivity contribution in [1.29, 1.82) is 0 Å². The van der Waals surface area contributed by atoms with Gasteiger partial charge in [-0.05, 0) is 25.7 Å². The normalized spacial score (nSPS) is 30.1. The van der Waals surface area contributed by atoms with E-state index in [0.29, 0.717) is 35.4 Å². The van der Waals surface area contributed by atoms with Crippen LogP contribution < -0.4 is 5.32 Å². The first kappa shape index (κ1) is 19.7. The Balaban J connectivity index is 1.33. The number of aromatic nitrogens is 4. The maximum atomic E-state index is 10.6. The molecule has 0 aromatic carbocycles. The second-order valence-corrected chi connectivity index (χ2v) is 8.72. The van der Waals surface area contributed by atoms with Gasteiger partial charge in [-0.1, -0.05) is 31.6 Å². The van der Waals surface area contributed by atoms with Crippen LogP contribution in [0, 0.1) is 17.8 Å². The highest BCUT2D eigenvalue weighted by atomic mass is 16.6. The third-order valence-corrected chi connectivity index (χ3v) is 6.63. The number of hydrogen-bond acceptors (Lipinski definition) is 7. The van der Waals surface area contributed by atoms with Gasteiger partial charge in [-0.2, -0.15) is 0 Å². The molecule has 160 valence electrons. The maximum Gasteiger partial charge on any atom is 0.167 e. The SMILES string of the molecule is O[C@@H]1[C@H](O)[C@@H](CC#CC2CCCC2)O[C@H]1n1cnc2c(NC3CCCC3)ncnc21. The van der Waals surface area contributed by atoms with Crippen LogP contribution in [0.25, 0.3) is 11.2 Å². The molecular weight excluding hydrogens is 382 g/mol. The summed E-state index contributed by atoms with van der Waals surface area (Å²) in [6.07, 6.45) is 9.68. The Labute approximate surface area is 176 Å². The van der Waals surface area contributed by atoms with Crippen LogP contribution in [0.3, 0.4) is 0 Å². The Morgan fingerprint density at radius 1 is 1.03 bits per heavy atom. The fourth-order valence-corrected chi connectivity index (χ4v) is 4.91. The van der Waals surface area contributed by atoms with Gasteiger partial charge in [-0.25, -0.2) is 15.0 Å². The molecule has 5 rings (SSSR count). The predicted octanol–water partition coefficient (Wildman–Crippen LogP) is 2.38. The van der Waals surface area contributed by atoms with E-state index < -0.39 is 24.5 Å². The van der Waals surface area contributed by atoms with E-state index >= 15 is 0 Å². The van der Waals surface area contributed by atoms with E-state index in [0.717, 1.165) is 25.7 Å². The van der Waals surface area contributed by atoms with Gasteiger partial charge in [0.05, 0.1) is 12.4 Å². The van der Waals surface area contributed by atoms with Crippen molar-refractivity contribution in [3.8, 4) is 11.8 Å². The van der Waals surface area contributed by atoms with E-state index in [1.165, 1.54) is 32.0 Å². The monoisotopic (exact) mass is 411 g/mol. The second-order valence-electron chi connectivity index (χ2n) is 8.72. The van der Waals surface area contributed by atoms with Crippen LogP contribution in [0.4, 0.5) is 5.82 Å². The summed E-state index contributed by atoms with van der Waals surface area (Å²) in [5.41, 5.74) is 1.23. The van der Waals surface area contributed by atoms with Gasteiger partial charge in [0.1, 0.15) is 18.5 Å². The second kappa shape index (κ2) is 8.50. The van der Waals surface area contributed by atoms with Crippen molar-refractivity contribution >= 4 is 17.0 Å². The summed E-state index contributed by atoms with van der Waals surface area (Å²) in [5, 5.41) is 24.6. The number of nitrogens with zero attached hydrogens (tertiary/aromatic N) is 4. The average molecular weight is 412 g/mol. The van der Waals surface area contributed by atoms with Crippen LogP contribution in [0.5, 0.6) is 0 Å². The van der Waals surface area contributed by atoms with Crippen molar-refractivity contribution < 1.29 is 14.9 Å². The van der Waals surface area contributed by atoms with Crippen LogP contribution >= 0.6 is 0 Å². The number of aliphatic hydroxyl groups excluding tert-OH is 2. The van der Waals surface area contributed by atoms with Crippen LogP contribution in [0.2, 0.25) is 0 Å². The van der Waals surface area contributed by atoms with Crippen molar-refractivity contribution in [1.82, 2.24) is 19.5 Å². The zero-order chi connectivity index (χ0) is 20.5. The van der Waals surface area contributed by atoms with Gasteiger partial charge in [-0.15, -0.1) is 5.92 Å². The van der Waals surface area contributed by atoms with Crippen molar-refractivity contribution in [3.63, 3.8) is 0 Å². The molecule has 0 unspecified atom stereocenters. The van der Waals surface area contributed by atoms with Gasteiger partial charge < -0.3 is 20.3 Å². The number of nitrogens with one attached hydrogen (secondary N) is 1. The van der Waals surface area contributed by atoms with Gasteiger partial charge in [0.15, 0.2) is 23.2 Å². The smallest absolute Gasteiger partial charge is 0.167 e. The lowest BCUT2D eigenvalue weighted by atomic mass is 10.1. The number of fused-ring (bicyclic) bond motifs is 1. The van der Waals surface area contributed by atoms with Crippen molar-refractivity contribution in [3.05, 3.63) is 12.7 Å². The quantitative estimate of drug-likeness (QED) is 0.664. The molecule has 2 aromatic heterocycles. The number of aliphatic hydroxyl groups is 2. The molecule has 3 aliphatic rings. The minimum atomic E-state index is -1.07. The van der Waals surface area contributed by atoms with Gasteiger partial charge in [0, 0.05) is 18.4 Å². The van der Waals surface area contributed by atoms with Crippen LogP contribution in [-0.2, 0) is 4.74 Å². The minimum absolute atomic E-state index is 0.404. The summed E-state index contributed by atoms with van der Waals surface area (Å²) in [4.78, 5) is 13.2. The molecule has 0 spiro atoms. The summed E-state index contributed by atoms with van der Waals surface area (Å²) in [6.45, 7) is 0. The first-order valence-electron chi connectivity index (χ1n) is 11.1. The first-order valence-corrected chi connectivity index (χ1v) is 11.1. The lowest BCUT2D eigenvalue weighted by Gasteiger charge is -2.17. The van der Waals surface area contributed by atoms with Crippen molar-refractivity contribution in [2.24, 2.45) is 5.92 Å². The summed E-state index contributed by atoms with van der Waals surface area (Å²) in [6, 6.07) is 0.409. The highest BCUT2D eigenvalue weighted by molar-refractivity contribution is 5.82. The molecule has 4 atom stereocenters. The molecule has 30 heavy (non-hydrogen) atoms. The molecule has 3 N–H and O–H groups in total. The molecule has 0 radical (unpaired) electrons. The topological polar surface area (TPSA) is 105 Å². The Bertz CT molecular complexity index is 939. The summed E-state index contributed by atoms with van der Waals surface area (Å²) < 4.78 is 7.71. The van der Waals surface area contributed by atoms with E-state index in [-0.39, 0.29) is 0 Å². The highest BCUT2D eigenvalue weighted by Crippen LogP contribution is 2.34. The number of imidazole rings is 1. The zero-order valence-electron chi connectivity index (χ0n) is 17.1. The number of hydrogen-bond donors (Lipinski definition) is 3. The van der Waals surface area contributed by atoms with Gasteiger partial charge in [-0.3, -0.25) is 4.57 Å². The van der Waals surface area contributed by atoms with E-state index in [4.69, 9.17) is 4.74 Å². The van der Waals surface area contributed by atoms with Gasteiger partial charge in [0.2, 0.25) is 0 Å². The summed E-state index contributed by atoms with van der Waals surface area (Å²) in [7, 11) is 0. The third-order valence-electron chi connectivity index (χ3n) is 6.63. The lowest BCUT2D eigenvalue weighted by molar-refractivity contribution is -0.0333. The van der Waals surface area contributed by atoms with E-state index in [1.807, 2.05) is 0 Å². The summed E-state index contributed by atoms with van der Waals surface area (Å²) >= 11 is 0. The number of ether oxygens (including phenoxy) is 1. The predicted molar refractivity (Wildman–Crippen MR) is 111 cm³/mol. The maximum absolute atomic E-state index is 10.6. The standard InChI is InChI=1S/C22H29N5O3/c28-18-16(11-5-8-14-6-1-2-7-14)30-22(19(18)29)27-13-25-17-20(23-12-24-21(17)27)26-15-9-3-4-10-15/h12-16,18-19,22,28-29H,1-4,6-7,9-11H2,(H,23,24,26)/t16-,18-,19-,22-/m1/s1. The van der Waals surface area contributed by atoms with E-state index in [2.05, 4.69) is 32.1 Å². The molecule has 2 saturated carbocycles. The molecule has 0 bridgehead atoms. The van der Waals surface area contributed by atoms with Gasteiger partial charge >= 0.3 is 0 Å². The molecule has 3 fully saturated rings. The van der Waals surface area contributed by atoms with Crippen LogP contribution in [0.1, 0.15) is 64.0 Å². The highest BCUT2D eigenvalue weighted by Gasteiger charge is 2.44. The van der Waals surface area contributed by atoms with Crippen LogP contribution in [0.15, 0.2) is 12.7 Å². The molecule has 8 heteroatoms. The zero-order valence-corrected chi connectivity index (χ0v) is 17.1. The molecule has 2 aromatic rings. The summed E-state index contributed by atoms with van der Waals surface area (Å²) in [5.74, 6) is 7.63. The Morgan fingerprint density at radius 3 is 2.60 bits per heavy atom. The molecule has 3 heterocycles. The molecule has 8 nitrogen and oxygen atoms in total. The molecule has 1 saturated heterocycles. The van der Waals surface area contributed by atoms with E-state index in [1.54, 1.807) is 10.9 Å². The molecule has 1 aliphatic heterocycles. The number of rotatable bonds is 4. The largest absolute Gasteiger partial charge is 0.387 e. The lowest BCUT2D eigenvalue weighted by Crippen LogP contribution is -2.31. The van der Waals surface area contributed by atoms with Gasteiger partial charge in [0.25, 0.3) is 0 Å². The Kier molecular flexibility index (Phi) is 5.59. The van der Waals surface area contributed by atoms with E-state index in [9.17, 15) is 10.2 Å². The van der Waals surface area contributed by atoms with Crippen molar-refractivity contribution in [2.45, 2.75) is 88.4 Å². The average Bonchev–Trinajstić information content (AvgIpc) is 3.54. The fourth-order valence-electron chi connectivity index (χ4n) is 4.91. The van der Waals surface area contributed by atoms with Crippen LogP contribution in [-0.4, -0.2) is 54.1 Å².